The smallest absolute Gasteiger partial charge is 0.162 e. The number of nitrogens with one attached hydrogen (secondary N) is 1. The molecular weight excluding hydrogens is 281 g/mol. The molecule has 19 heavy (non-hydrogen) atoms. The lowest BCUT2D eigenvalue weighted by Crippen LogP contribution is -2.23. The molecule has 0 spiro atoms. The summed E-state index contributed by atoms with van der Waals surface area (Å²) in [5.41, 5.74) is 3.21. The van der Waals surface area contributed by atoms with Crippen molar-refractivity contribution in [2.45, 2.75) is 13.0 Å². The maximum absolute atomic E-state index is 6.18. The molecule has 1 N–H and O–H groups in total. The lowest BCUT2D eigenvalue weighted by atomic mass is 10.1. The number of ether oxygens (including phenoxy) is 1. The molecular formula is C15H13Cl2NO. The molecule has 2 aromatic rings. The van der Waals surface area contributed by atoms with E-state index in [1.54, 1.807) is 6.07 Å². The third kappa shape index (κ3) is 2.51. The maximum Gasteiger partial charge on any atom is 0.162 e. The quantitative estimate of drug-likeness (QED) is 0.812. The molecule has 0 amide bonds. The second-order valence-electron chi connectivity index (χ2n) is 4.67. The Morgan fingerprint density at radius 2 is 2.05 bits per heavy atom. The highest BCUT2D eigenvalue weighted by molar-refractivity contribution is 6.36. The normalized spacial score (nSPS) is 17.3. The van der Waals surface area contributed by atoms with Gasteiger partial charge in [0.25, 0.3) is 0 Å². The molecule has 1 unspecified atom stereocenters. The van der Waals surface area contributed by atoms with Crippen molar-refractivity contribution in [2.24, 2.45) is 0 Å². The summed E-state index contributed by atoms with van der Waals surface area (Å²) in [5.74, 6) is 0.670. The molecule has 1 heterocycles. The number of hydrogen-bond donors (Lipinski definition) is 1. The first-order chi connectivity index (χ1) is 9.13. The van der Waals surface area contributed by atoms with Crippen LogP contribution in [0.4, 0.5) is 5.69 Å². The number of fused-ring (bicyclic) bond motifs is 1. The van der Waals surface area contributed by atoms with Crippen LogP contribution in [-0.4, -0.2) is 6.54 Å². The van der Waals surface area contributed by atoms with Gasteiger partial charge in [-0.3, -0.25) is 0 Å². The Morgan fingerprint density at radius 1 is 1.21 bits per heavy atom. The maximum atomic E-state index is 6.18. The van der Waals surface area contributed by atoms with Crippen molar-refractivity contribution in [3.63, 3.8) is 0 Å². The van der Waals surface area contributed by atoms with E-state index >= 15 is 0 Å². The average molecular weight is 294 g/mol. The van der Waals surface area contributed by atoms with Gasteiger partial charge < -0.3 is 10.1 Å². The number of benzene rings is 2. The van der Waals surface area contributed by atoms with Crippen molar-refractivity contribution in [1.82, 2.24) is 0 Å². The Labute approximate surface area is 122 Å². The van der Waals surface area contributed by atoms with Crippen LogP contribution in [0.1, 0.15) is 17.2 Å². The van der Waals surface area contributed by atoms with Gasteiger partial charge in [0.05, 0.1) is 17.3 Å². The van der Waals surface area contributed by atoms with Crippen molar-refractivity contribution < 1.29 is 4.74 Å². The zero-order valence-electron chi connectivity index (χ0n) is 10.4. The fourth-order valence-corrected chi connectivity index (χ4v) is 2.79. The van der Waals surface area contributed by atoms with E-state index in [0.29, 0.717) is 22.3 Å². The van der Waals surface area contributed by atoms with Crippen LogP contribution in [0.15, 0.2) is 36.4 Å². The van der Waals surface area contributed by atoms with Gasteiger partial charge >= 0.3 is 0 Å². The minimum atomic E-state index is -0.0360. The van der Waals surface area contributed by atoms with Gasteiger partial charge in [0.2, 0.25) is 0 Å². The van der Waals surface area contributed by atoms with Crippen LogP contribution in [0.3, 0.4) is 0 Å². The molecule has 0 saturated carbocycles. The summed E-state index contributed by atoms with van der Waals surface area (Å²) in [6.45, 7) is 2.77. The van der Waals surface area contributed by atoms with E-state index in [-0.39, 0.29) is 6.10 Å². The molecule has 4 heteroatoms. The number of aryl methyl sites for hydroxylation is 1. The Morgan fingerprint density at radius 3 is 2.84 bits per heavy atom. The van der Waals surface area contributed by atoms with Crippen molar-refractivity contribution in [3.8, 4) is 5.75 Å². The third-order valence-electron chi connectivity index (χ3n) is 3.16. The summed E-state index contributed by atoms with van der Waals surface area (Å²) in [4.78, 5) is 0. The molecule has 0 radical (unpaired) electrons. The zero-order chi connectivity index (χ0) is 13.4. The van der Waals surface area contributed by atoms with Gasteiger partial charge in [-0.05, 0) is 24.6 Å². The predicted molar refractivity (Wildman–Crippen MR) is 79.5 cm³/mol. The summed E-state index contributed by atoms with van der Waals surface area (Å²) < 4.78 is 6.01. The first kappa shape index (κ1) is 12.6. The molecule has 98 valence electrons. The summed E-state index contributed by atoms with van der Waals surface area (Å²) in [6.07, 6.45) is -0.0360. The highest BCUT2D eigenvalue weighted by Gasteiger charge is 2.23. The largest absolute Gasteiger partial charge is 0.480 e. The number of hydrogen-bond acceptors (Lipinski definition) is 2. The minimum absolute atomic E-state index is 0.0360. The first-order valence-corrected chi connectivity index (χ1v) is 6.85. The molecule has 1 atom stereocenters. The Kier molecular flexibility index (Phi) is 3.29. The van der Waals surface area contributed by atoms with Crippen LogP contribution in [0.2, 0.25) is 10.0 Å². The van der Waals surface area contributed by atoms with Crippen LogP contribution < -0.4 is 10.1 Å². The van der Waals surface area contributed by atoms with Gasteiger partial charge in [0.15, 0.2) is 5.75 Å². The van der Waals surface area contributed by atoms with Crippen LogP contribution in [0.5, 0.6) is 5.75 Å². The molecule has 0 saturated heterocycles. The summed E-state index contributed by atoms with van der Waals surface area (Å²) in [5, 5.41) is 4.46. The van der Waals surface area contributed by atoms with E-state index < -0.39 is 0 Å². The van der Waals surface area contributed by atoms with Crippen molar-refractivity contribution in [1.29, 1.82) is 0 Å². The average Bonchev–Trinajstić information content (AvgIpc) is 2.38. The van der Waals surface area contributed by atoms with Crippen LogP contribution >= 0.6 is 23.2 Å². The molecule has 2 aromatic carbocycles. The Bertz CT molecular complexity index is 628. The van der Waals surface area contributed by atoms with Gasteiger partial charge in [-0.25, -0.2) is 0 Å². The van der Waals surface area contributed by atoms with E-state index in [1.165, 1.54) is 5.56 Å². The lowest BCUT2D eigenvalue weighted by molar-refractivity contribution is 0.210. The van der Waals surface area contributed by atoms with Crippen molar-refractivity contribution in [2.75, 3.05) is 11.9 Å². The standard InChI is InChI=1S/C15H13Cl2NO/c1-9-3-2-4-10(5-9)14-8-18-13-7-11(16)6-12(17)15(13)19-14/h2-7,14,18H,8H2,1H3. The van der Waals surface area contributed by atoms with E-state index in [4.69, 9.17) is 27.9 Å². The SMILES string of the molecule is Cc1cccc(C2CNc3cc(Cl)cc(Cl)c3O2)c1. The van der Waals surface area contributed by atoms with Crippen LogP contribution in [0.25, 0.3) is 0 Å². The fraction of sp³-hybridized carbons (Fsp3) is 0.200. The summed E-state index contributed by atoms with van der Waals surface area (Å²) in [7, 11) is 0. The van der Waals surface area contributed by atoms with Gasteiger partial charge in [0, 0.05) is 5.02 Å². The second kappa shape index (κ2) is 4.95. The fourth-order valence-electron chi connectivity index (χ4n) is 2.25. The molecule has 0 fully saturated rings. The summed E-state index contributed by atoms with van der Waals surface area (Å²) in [6, 6.07) is 11.8. The number of halogens is 2. The molecule has 2 nitrogen and oxygen atoms in total. The van der Waals surface area contributed by atoms with Crippen molar-refractivity contribution >= 4 is 28.9 Å². The zero-order valence-corrected chi connectivity index (χ0v) is 11.9. The van der Waals surface area contributed by atoms with Crippen molar-refractivity contribution in [3.05, 3.63) is 57.6 Å². The van der Waals surface area contributed by atoms with E-state index in [0.717, 1.165) is 11.3 Å². The van der Waals surface area contributed by atoms with E-state index in [1.807, 2.05) is 12.1 Å². The Hall–Kier alpha value is -1.38. The monoisotopic (exact) mass is 293 g/mol. The lowest BCUT2D eigenvalue weighted by Gasteiger charge is -2.28. The van der Waals surface area contributed by atoms with Crippen LogP contribution in [-0.2, 0) is 0 Å². The number of rotatable bonds is 1. The van der Waals surface area contributed by atoms with Gasteiger partial charge in [0.1, 0.15) is 6.10 Å². The van der Waals surface area contributed by atoms with Crippen LogP contribution in [0, 0.1) is 6.92 Å². The van der Waals surface area contributed by atoms with Gasteiger partial charge in [-0.1, -0.05) is 53.0 Å². The highest BCUT2D eigenvalue weighted by atomic mass is 35.5. The number of anilines is 1. The molecule has 0 bridgehead atoms. The van der Waals surface area contributed by atoms with Gasteiger partial charge in [-0.15, -0.1) is 0 Å². The molecule has 0 aliphatic carbocycles. The van der Waals surface area contributed by atoms with Gasteiger partial charge in [-0.2, -0.15) is 0 Å². The van der Waals surface area contributed by atoms with E-state index in [9.17, 15) is 0 Å². The minimum Gasteiger partial charge on any atom is -0.480 e. The highest BCUT2D eigenvalue weighted by Crippen LogP contribution is 2.41. The predicted octanol–water partition coefficient (Wildman–Crippen LogP) is 4.85. The molecule has 0 aromatic heterocycles. The second-order valence-corrected chi connectivity index (χ2v) is 5.51. The molecule has 1 aliphatic heterocycles. The van der Waals surface area contributed by atoms with E-state index in [2.05, 4.69) is 30.4 Å². The summed E-state index contributed by atoms with van der Waals surface area (Å²) >= 11 is 12.2. The third-order valence-corrected chi connectivity index (χ3v) is 3.66. The Balaban J connectivity index is 1.94. The first-order valence-electron chi connectivity index (χ1n) is 6.09. The topological polar surface area (TPSA) is 21.3 Å². The molecule has 1 aliphatic rings. The molecule has 3 rings (SSSR count).